The van der Waals surface area contributed by atoms with Crippen LogP contribution in [0.25, 0.3) is 22.4 Å². The monoisotopic (exact) mass is 346 g/mol. The van der Waals surface area contributed by atoms with Crippen LogP contribution in [0, 0.1) is 5.82 Å². The van der Waals surface area contributed by atoms with Crippen molar-refractivity contribution >= 4 is 27.0 Å². The van der Waals surface area contributed by atoms with Gasteiger partial charge in [0.2, 0.25) is 0 Å². The van der Waals surface area contributed by atoms with Crippen LogP contribution in [0.15, 0.2) is 40.9 Å². The van der Waals surface area contributed by atoms with Crippen LogP contribution in [-0.4, -0.2) is 14.7 Å². The van der Waals surface area contributed by atoms with Crippen molar-refractivity contribution in [3.05, 3.63) is 46.7 Å². The molecule has 3 nitrogen and oxygen atoms in total. The molecule has 0 unspecified atom stereocenters. The molecule has 0 atom stereocenters. The number of rotatable bonds is 2. The van der Waals surface area contributed by atoms with Crippen LogP contribution in [0.3, 0.4) is 0 Å². The first-order valence-corrected chi connectivity index (χ1v) is 7.60. The van der Waals surface area contributed by atoms with Crippen LogP contribution in [0.2, 0.25) is 0 Å². The fraction of sp³-hybridized carbons (Fsp3) is 0.188. The van der Waals surface area contributed by atoms with E-state index in [0.717, 1.165) is 23.9 Å². The van der Waals surface area contributed by atoms with Crippen molar-refractivity contribution in [3.63, 3.8) is 0 Å². The molecule has 106 valence electrons. The van der Waals surface area contributed by atoms with Gasteiger partial charge in [0, 0.05) is 11.6 Å². The normalized spacial score (nSPS) is 14.8. The first-order chi connectivity index (χ1) is 10.1. The average molecular weight is 347 g/mol. The second kappa shape index (κ2) is 4.56. The molecule has 1 N–H and O–H groups in total. The van der Waals surface area contributed by atoms with E-state index in [4.69, 9.17) is 0 Å². The minimum Gasteiger partial charge on any atom is -0.507 e. The molecule has 4 rings (SSSR count). The molecular weight excluding hydrogens is 335 g/mol. The van der Waals surface area contributed by atoms with E-state index in [1.165, 1.54) is 6.07 Å². The number of hydrogen-bond donors (Lipinski definition) is 1. The number of hydrogen-bond acceptors (Lipinski definition) is 2. The molecule has 0 radical (unpaired) electrons. The van der Waals surface area contributed by atoms with Crippen LogP contribution in [0.1, 0.15) is 18.9 Å². The molecule has 1 aliphatic rings. The summed E-state index contributed by atoms with van der Waals surface area (Å²) in [4.78, 5) is 4.48. The summed E-state index contributed by atoms with van der Waals surface area (Å²) in [5.74, 6) is 0.553. The Hall–Kier alpha value is -1.88. The lowest BCUT2D eigenvalue weighted by molar-refractivity contribution is 0.472. The lowest BCUT2D eigenvalue weighted by Crippen LogP contribution is -1.97. The van der Waals surface area contributed by atoms with Crippen LogP contribution in [-0.2, 0) is 0 Å². The number of imidazole rings is 1. The van der Waals surface area contributed by atoms with Gasteiger partial charge in [0.25, 0.3) is 0 Å². The van der Waals surface area contributed by atoms with Crippen molar-refractivity contribution in [2.75, 3.05) is 0 Å². The van der Waals surface area contributed by atoms with Gasteiger partial charge in [0.05, 0.1) is 9.99 Å². The number of phenols is 1. The zero-order valence-corrected chi connectivity index (χ0v) is 12.6. The lowest BCUT2D eigenvalue weighted by Gasteiger charge is -2.08. The second-order valence-corrected chi connectivity index (χ2v) is 6.16. The summed E-state index contributed by atoms with van der Waals surface area (Å²) in [7, 11) is 0. The molecule has 21 heavy (non-hydrogen) atoms. The summed E-state index contributed by atoms with van der Waals surface area (Å²) < 4.78 is 16.7. The van der Waals surface area contributed by atoms with E-state index in [0.29, 0.717) is 21.9 Å². The van der Waals surface area contributed by atoms with Crippen molar-refractivity contribution in [3.8, 4) is 17.1 Å². The Balaban J connectivity index is 2.01. The predicted octanol–water partition coefficient (Wildman–Crippen LogP) is 4.65. The maximum Gasteiger partial charge on any atom is 0.151 e. The molecule has 0 aliphatic heterocycles. The highest BCUT2D eigenvalue weighted by molar-refractivity contribution is 9.10. The van der Waals surface area contributed by atoms with E-state index in [-0.39, 0.29) is 11.6 Å². The van der Waals surface area contributed by atoms with E-state index >= 15 is 0 Å². The molecule has 1 saturated carbocycles. The lowest BCUT2D eigenvalue weighted by atomic mass is 10.2. The Morgan fingerprint density at radius 1 is 1.24 bits per heavy atom. The van der Waals surface area contributed by atoms with E-state index in [1.807, 2.05) is 12.1 Å². The predicted molar refractivity (Wildman–Crippen MR) is 82.8 cm³/mol. The molecule has 3 aromatic rings. The van der Waals surface area contributed by atoms with Crippen molar-refractivity contribution < 1.29 is 9.50 Å². The number of phenolic OH excluding ortho intramolecular Hbond substituents is 1. The summed E-state index contributed by atoms with van der Waals surface area (Å²) in [5.41, 5.74) is 2.00. The summed E-state index contributed by atoms with van der Waals surface area (Å²) in [6.45, 7) is 0. The molecule has 0 spiro atoms. The number of halogens is 2. The van der Waals surface area contributed by atoms with Crippen LogP contribution in [0.5, 0.6) is 5.75 Å². The van der Waals surface area contributed by atoms with Crippen molar-refractivity contribution in [2.45, 2.75) is 18.9 Å². The Morgan fingerprint density at radius 3 is 2.76 bits per heavy atom. The number of nitrogens with zero attached hydrogens (tertiary/aromatic N) is 2. The minimum atomic E-state index is -0.311. The largest absolute Gasteiger partial charge is 0.507 e. The van der Waals surface area contributed by atoms with Gasteiger partial charge >= 0.3 is 0 Å². The third-order valence-electron chi connectivity index (χ3n) is 3.79. The quantitative estimate of drug-likeness (QED) is 0.733. The molecule has 1 heterocycles. The standard InChI is InChI=1S/C16H12BrFN2O/c17-11-7-4-9(8-14(11)21)16-19-15-12(18)2-1-3-13(15)20(16)10-5-6-10/h1-4,7-8,10,21H,5-6H2. The van der Waals surface area contributed by atoms with Gasteiger partial charge in [-0.25, -0.2) is 9.37 Å². The van der Waals surface area contributed by atoms with E-state index in [2.05, 4.69) is 25.5 Å². The number of benzene rings is 2. The SMILES string of the molecule is Oc1cc(-c2nc3c(F)cccc3n2C2CC2)ccc1Br. The van der Waals surface area contributed by atoms with Gasteiger partial charge in [-0.2, -0.15) is 0 Å². The van der Waals surface area contributed by atoms with Gasteiger partial charge in [-0.15, -0.1) is 0 Å². The molecule has 5 heteroatoms. The molecule has 1 aromatic heterocycles. The van der Waals surface area contributed by atoms with Crippen LogP contribution in [0.4, 0.5) is 4.39 Å². The number of para-hydroxylation sites is 1. The minimum absolute atomic E-state index is 0.155. The van der Waals surface area contributed by atoms with E-state index in [9.17, 15) is 9.50 Å². The molecule has 1 aliphatic carbocycles. The Bertz CT molecular complexity index is 855. The first kappa shape index (κ1) is 12.8. The highest BCUT2D eigenvalue weighted by atomic mass is 79.9. The fourth-order valence-electron chi connectivity index (χ4n) is 2.64. The topological polar surface area (TPSA) is 38.1 Å². The first-order valence-electron chi connectivity index (χ1n) is 6.80. The summed E-state index contributed by atoms with van der Waals surface area (Å²) in [6.07, 6.45) is 2.16. The Morgan fingerprint density at radius 2 is 2.05 bits per heavy atom. The van der Waals surface area contributed by atoms with Crippen LogP contribution >= 0.6 is 15.9 Å². The summed E-state index contributed by atoms with van der Waals surface area (Å²) >= 11 is 3.27. The zero-order valence-electron chi connectivity index (χ0n) is 11.1. The maximum atomic E-state index is 14.0. The molecule has 0 saturated heterocycles. The van der Waals surface area contributed by atoms with E-state index in [1.54, 1.807) is 18.2 Å². The highest BCUT2D eigenvalue weighted by Crippen LogP contribution is 2.42. The molecule has 2 aromatic carbocycles. The van der Waals surface area contributed by atoms with E-state index < -0.39 is 0 Å². The highest BCUT2D eigenvalue weighted by Gasteiger charge is 2.29. The third kappa shape index (κ3) is 2.03. The Labute approximate surface area is 129 Å². The molecule has 0 amide bonds. The third-order valence-corrected chi connectivity index (χ3v) is 4.46. The van der Waals surface area contributed by atoms with Gasteiger partial charge in [-0.1, -0.05) is 6.07 Å². The van der Waals surface area contributed by atoms with Gasteiger partial charge < -0.3 is 9.67 Å². The number of aromatic hydroxyl groups is 1. The number of aromatic nitrogens is 2. The molecular formula is C16H12BrFN2O. The van der Waals surface area contributed by atoms with Gasteiger partial charge in [0.1, 0.15) is 17.1 Å². The van der Waals surface area contributed by atoms with Crippen LogP contribution < -0.4 is 0 Å². The fourth-order valence-corrected chi connectivity index (χ4v) is 2.89. The smallest absolute Gasteiger partial charge is 0.151 e. The van der Waals surface area contributed by atoms with Gasteiger partial charge in [-0.3, -0.25) is 0 Å². The maximum absolute atomic E-state index is 14.0. The average Bonchev–Trinajstić information content (AvgIpc) is 3.22. The van der Waals surface area contributed by atoms with Gasteiger partial charge in [0.15, 0.2) is 5.82 Å². The van der Waals surface area contributed by atoms with Crippen molar-refractivity contribution in [1.82, 2.24) is 9.55 Å². The molecule has 0 bridgehead atoms. The summed E-state index contributed by atoms with van der Waals surface area (Å²) in [5, 5.41) is 9.88. The van der Waals surface area contributed by atoms with Gasteiger partial charge in [-0.05, 0) is 59.1 Å². The number of fused-ring (bicyclic) bond motifs is 1. The molecule has 1 fully saturated rings. The van der Waals surface area contributed by atoms with Crippen molar-refractivity contribution in [2.24, 2.45) is 0 Å². The zero-order chi connectivity index (χ0) is 14.6. The van der Waals surface area contributed by atoms with Crippen molar-refractivity contribution in [1.29, 1.82) is 0 Å². The summed E-state index contributed by atoms with van der Waals surface area (Å²) in [6, 6.07) is 10.7. The Kier molecular flexibility index (Phi) is 2.79. The second-order valence-electron chi connectivity index (χ2n) is 5.31.